The fraction of sp³-hybridized carbons (Fsp3) is 0. The number of aromatic nitrogens is 3. The number of pyridine rings is 1. The summed E-state index contributed by atoms with van der Waals surface area (Å²) in [5.41, 5.74) is 9.10. The van der Waals surface area contributed by atoms with Gasteiger partial charge in [-0.25, -0.2) is 0 Å². The zero-order chi connectivity index (χ0) is 11.7. The molecule has 0 spiro atoms. The molecule has 0 saturated carbocycles. The van der Waals surface area contributed by atoms with Gasteiger partial charge in [-0.05, 0) is 24.3 Å². The molecule has 0 aliphatic rings. The number of nitrogen functional groups attached to an aromatic ring is 1. The Morgan fingerprint density at radius 2 is 2.18 bits per heavy atom. The summed E-state index contributed by atoms with van der Waals surface area (Å²) in [6, 6.07) is 7.72. The fourth-order valence-corrected chi connectivity index (χ4v) is 3.09. The maximum Gasteiger partial charge on any atom is 0.178 e. The Balaban J connectivity index is 2.10. The second-order valence-electron chi connectivity index (χ2n) is 3.39. The van der Waals surface area contributed by atoms with Gasteiger partial charge in [-0.1, -0.05) is 23.1 Å². The zero-order valence-electron chi connectivity index (χ0n) is 8.70. The van der Waals surface area contributed by atoms with Crippen LogP contribution in [-0.4, -0.2) is 15.2 Å². The van der Waals surface area contributed by atoms with Gasteiger partial charge in [-0.3, -0.25) is 4.98 Å². The molecule has 2 N–H and O–H groups in total. The third-order valence-corrected chi connectivity index (χ3v) is 4.12. The third kappa shape index (κ3) is 2.09. The zero-order valence-corrected chi connectivity index (χ0v) is 10.3. The summed E-state index contributed by atoms with van der Waals surface area (Å²) in [6.45, 7) is 0. The number of hydrogen-bond donors (Lipinski definition) is 1. The molecule has 0 unspecified atom stereocenters. The second kappa shape index (κ2) is 4.31. The Hall–Kier alpha value is -1.66. The second-order valence-corrected chi connectivity index (χ2v) is 5.51. The van der Waals surface area contributed by atoms with Crippen molar-refractivity contribution < 1.29 is 0 Å². The van der Waals surface area contributed by atoms with Gasteiger partial charge in [0.15, 0.2) is 4.34 Å². The number of nitrogens with zero attached hydrogens (tertiary/aromatic N) is 3. The molecule has 1 aromatic carbocycles. The lowest BCUT2D eigenvalue weighted by molar-refractivity contribution is 1.01. The molecule has 0 aliphatic heterocycles. The predicted molar refractivity (Wildman–Crippen MR) is 70.2 cm³/mol. The van der Waals surface area contributed by atoms with Crippen LogP contribution in [0.5, 0.6) is 0 Å². The lowest BCUT2D eigenvalue weighted by Crippen LogP contribution is -1.87. The van der Waals surface area contributed by atoms with Crippen LogP contribution in [0.4, 0.5) is 5.69 Å². The van der Waals surface area contributed by atoms with Crippen LogP contribution in [0, 0.1) is 0 Å². The number of rotatable bonds is 2. The van der Waals surface area contributed by atoms with Crippen LogP contribution in [-0.2, 0) is 0 Å². The SMILES string of the molecule is Nc1ccc2c(Sc3nncs3)ccnc2c1. The summed E-state index contributed by atoms with van der Waals surface area (Å²) < 4.78 is 0.925. The molecule has 0 atom stereocenters. The fourth-order valence-electron chi connectivity index (χ4n) is 1.53. The van der Waals surface area contributed by atoms with Crippen molar-refractivity contribution in [1.82, 2.24) is 15.2 Å². The van der Waals surface area contributed by atoms with Crippen molar-refractivity contribution in [3.63, 3.8) is 0 Å². The Morgan fingerprint density at radius 3 is 3.00 bits per heavy atom. The highest BCUT2D eigenvalue weighted by Gasteiger charge is 2.06. The van der Waals surface area contributed by atoms with E-state index in [0.717, 1.165) is 25.8 Å². The minimum Gasteiger partial charge on any atom is -0.399 e. The quantitative estimate of drug-likeness (QED) is 0.718. The van der Waals surface area contributed by atoms with Crippen molar-refractivity contribution in [2.24, 2.45) is 0 Å². The molecule has 6 heteroatoms. The minimum absolute atomic E-state index is 0.725. The number of nitrogens with two attached hydrogens (primary N) is 1. The maximum atomic E-state index is 5.74. The Labute approximate surface area is 106 Å². The van der Waals surface area contributed by atoms with Gasteiger partial charge in [0.1, 0.15) is 5.51 Å². The van der Waals surface area contributed by atoms with E-state index in [2.05, 4.69) is 15.2 Å². The van der Waals surface area contributed by atoms with Gasteiger partial charge >= 0.3 is 0 Å². The Kier molecular flexibility index (Phi) is 2.66. The van der Waals surface area contributed by atoms with Crippen LogP contribution < -0.4 is 5.73 Å². The normalized spacial score (nSPS) is 10.8. The average Bonchev–Trinajstić information content (AvgIpc) is 2.82. The lowest BCUT2D eigenvalue weighted by Gasteiger charge is -2.03. The first-order chi connectivity index (χ1) is 8.33. The van der Waals surface area contributed by atoms with E-state index in [0.29, 0.717) is 0 Å². The lowest BCUT2D eigenvalue weighted by atomic mass is 10.2. The standard InChI is InChI=1S/C11H8N4S2/c12-7-1-2-8-9(5-7)13-4-3-10(8)17-11-15-14-6-16-11/h1-6H,12H2. The molecule has 4 nitrogen and oxygen atoms in total. The van der Waals surface area contributed by atoms with Crippen molar-refractivity contribution in [3.8, 4) is 0 Å². The van der Waals surface area contributed by atoms with Crippen molar-refractivity contribution >= 4 is 39.7 Å². The monoisotopic (exact) mass is 260 g/mol. The largest absolute Gasteiger partial charge is 0.399 e. The first kappa shape index (κ1) is 10.5. The highest BCUT2D eigenvalue weighted by atomic mass is 32.2. The Bertz CT molecular complexity index is 652. The van der Waals surface area contributed by atoms with E-state index >= 15 is 0 Å². The molecule has 2 aromatic heterocycles. The summed E-state index contributed by atoms with van der Waals surface area (Å²) in [5.74, 6) is 0. The van der Waals surface area contributed by atoms with E-state index in [1.54, 1.807) is 23.5 Å². The molecule has 84 valence electrons. The third-order valence-electron chi connectivity index (χ3n) is 2.26. The van der Waals surface area contributed by atoms with Crippen LogP contribution in [0.1, 0.15) is 0 Å². The first-order valence-corrected chi connectivity index (χ1v) is 6.61. The van der Waals surface area contributed by atoms with Crippen molar-refractivity contribution in [2.75, 3.05) is 5.73 Å². The molecule has 0 saturated heterocycles. The molecule has 0 amide bonds. The number of hydrogen-bond acceptors (Lipinski definition) is 6. The van der Waals surface area contributed by atoms with Gasteiger partial charge in [0.2, 0.25) is 0 Å². The van der Waals surface area contributed by atoms with E-state index in [-0.39, 0.29) is 0 Å². The molecule has 0 radical (unpaired) electrons. The van der Waals surface area contributed by atoms with E-state index in [9.17, 15) is 0 Å². The molecular formula is C11H8N4S2. The van der Waals surface area contributed by atoms with E-state index < -0.39 is 0 Å². The van der Waals surface area contributed by atoms with E-state index in [1.165, 1.54) is 11.3 Å². The van der Waals surface area contributed by atoms with Crippen LogP contribution in [0.25, 0.3) is 10.9 Å². The predicted octanol–water partition coefficient (Wildman–Crippen LogP) is 2.82. The van der Waals surface area contributed by atoms with Gasteiger partial charge in [0.05, 0.1) is 5.52 Å². The summed E-state index contributed by atoms with van der Waals surface area (Å²) in [7, 11) is 0. The maximum absolute atomic E-state index is 5.74. The number of benzene rings is 1. The topological polar surface area (TPSA) is 64.7 Å². The van der Waals surface area contributed by atoms with Crippen LogP contribution in [0.2, 0.25) is 0 Å². The van der Waals surface area contributed by atoms with Crippen molar-refractivity contribution in [1.29, 1.82) is 0 Å². The summed E-state index contributed by atoms with van der Waals surface area (Å²) >= 11 is 3.12. The van der Waals surface area contributed by atoms with Crippen molar-refractivity contribution in [3.05, 3.63) is 36.0 Å². The molecule has 17 heavy (non-hydrogen) atoms. The molecule has 0 bridgehead atoms. The molecule has 0 aliphatic carbocycles. The molecule has 3 rings (SSSR count). The van der Waals surface area contributed by atoms with Gasteiger partial charge in [0, 0.05) is 22.2 Å². The van der Waals surface area contributed by atoms with Crippen LogP contribution in [0.3, 0.4) is 0 Å². The molecular weight excluding hydrogens is 252 g/mol. The minimum atomic E-state index is 0.725. The Morgan fingerprint density at radius 1 is 1.24 bits per heavy atom. The molecule has 0 fully saturated rings. The highest BCUT2D eigenvalue weighted by Crippen LogP contribution is 2.33. The number of anilines is 1. The molecule has 3 aromatic rings. The average molecular weight is 260 g/mol. The van der Waals surface area contributed by atoms with Gasteiger partial charge in [-0.2, -0.15) is 0 Å². The summed E-state index contributed by atoms with van der Waals surface area (Å²) in [6.07, 6.45) is 1.78. The molecule has 2 heterocycles. The van der Waals surface area contributed by atoms with Crippen LogP contribution >= 0.6 is 23.1 Å². The first-order valence-electron chi connectivity index (χ1n) is 4.91. The number of fused-ring (bicyclic) bond motifs is 1. The van der Waals surface area contributed by atoms with Crippen LogP contribution in [0.15, 0.2) is 45.2 Å². The van der Waals surface area contributed by atoms with E-state index in [1.807, 2.05) is 24.3 Å². The van der Waals surface area contributed by atoms with Crippen molar-refractivity contribution in [2.45, 2.75) is 9.24 Å². The van der Waals surface area contributed by atoms with Gasteiger partial charge in [-0.15, -0.1) is 10.2 Å². The highest BCUT2D eigenvalue weighted by molar-refractivity contribution is 8.01. The summed E-state index contributed by atoms with van der Waals surface area (Å²) in [4.78, 5) is 5.42. The van der Waals surface area contributed by atoms with Gasteiger partial charge in [0.25, 0.3) is 0 Å². The summed E-state index contributed by atoms with van der Waals surface area (Å²) in [5, 5.41) is 8.93. The van der Waals surface area contributed by atoms with Gasteiger partial charge < -0.3 is 5.73 Å². The van der Waals surface area contributed by atoms with E-state index in [4.69, 9.17) is 5.73 Å². The smallest absolute Gasteiger partial charge is 0.178 e.